The van der Waals surface area contributed by atoms with E-state index in [0.29, 0.717) is 6.61 Å². The molecule has 0 amide bonds. The Morgan fingerprint density at radius 3 is 2.85 bits per heavy atom. The summed E-state index contributed by atoms with van der Waals surface area (Å²) in [6, 6.07) is 0. The molecule has 2 aliphatic heterocycles. The van der Waals surface area contributed by atoms with Crippen LogP contribution in [0.15, 0.2) is 5.16 Å². The van der Waals surface area contributed by atoms with Gasteiger partial charge in [0.25, 0.3) is 0 Å². The Labute approximate surface area is 163 Å². The Balaban J connectivity index is 1.79. The lowest BCUT2D eigenvalue weighted by Crippen LogP contribution is -2.89. The quantitative estimate of drug-likeness (QED) is 0.481. The Hall–Kier alpha value is -0.890. The number of ether oxygens (including phenoxy) is 1. The molecule has 1 fully saturated rings. The molecule has 5 nitrogen and oxygen atoms in total. The van der Waals surface area contributed by atoms with E-state index in [9.17, 15) is 0 Å². The molecular weight excluding hydrogens is 364 g/mol. The van der Waals surface area contributed by atoms with Crippen LogP contribution in [0.2, 0.25) is 0 Å². The van der Waals surface area contributed by atoms with Gasteiger partial charge in [-0.3, -0.25) is 0 Å². The van der Waals surface area contributed by atoms with Gasteiger partial charge in [-0.2, -0.15) is 0 Å². The molecule has 0 saturated carbocycles. The maximum atomic E-state index is 6.05. The van der Waals surface area contributed by atoms with Gasteiger partial charge in [0.05, 0.1) is 43.8 Å². The highest BCUT2D eigenvalue weighted by molar-refractivity contribution is 7.99. The van der Waals surface area contributed by atoms with Crippen molar-refractivity contribution in [2.45, 2.75) is 57.4 Å². The minimum atomic E-state index is -0.109. The Morgan fingerprint density at radius 1 is 1.27 bits per heavy atom. The minimum Gasteiger partial charge on any atom is -0.370 e. The van der Waals surface area contributed by atoms with Crippen molar-refractivity contribution in [3.05, 3.63) is 10.4 Å². The highest BCUT2D eigenvalue weighted by Gasteiger charge is 2.32. The van der Waals surface area contributed by atoms with E-state index in [1.54, 1.807) is 11.8 Å². The number of aromatic nitrogens is 2. The monoisotopic (exact) mass is 393 g/mol. The summed E-state index contributed by atoms with van der Waals surface area (Å²) in [6.45, 7) is 11.7. The molecule has 0 aromatic carbocycles. The number of hydrogen-bond donors (Lipinski definition) is 1. The van der Waals surface area contributed by atoms with Crippen LogP contribution in [0.4, 0.5) is 5.82 Å². The van der Waals surface area contributed by atoms with Crippen LogP contribution in [0.3, 0.4) is 0 Å². The van der Waals surface area contributed by atoms with Crippen LogP contribution >= 0.6 is 23.1 Å². The molecule has 0 aliphatic carbocycles. The van der Waals surface area contributed by atoms with Gasteiger partial charge in [0.15, 0.2) is 5.16 Å². The molecule has 7 heteroatoms. The predicted octanol–water partition coefficient (Wildman–Crippen LogP) is 2.82. The van der Waals surface area contributed by atoms with E-state index in [2.05, 4.69) is 31.0 Å². The summed E-state index contributed by atoms with van der Waals surface area (Å²) < 4.78 is 6.05. The summed E-state index contributed by atoms with van der Waals surface area (Å²) in [5.74, 6) is 2.26. The van der Waals surface area contributed by atoms with E-state index in [1.165, 1.54) is 28.7 Å². The average Bonchev–Trinajstić information content (AvgIpc) is 2.98. The van der Waals surface area contributed by atoms with Gasteiger partial charge >= 0.3 is 0 Å². The van der Waals surface area contributed by atoms with E-state index < -0.39 is 0 Å². The number of rotatable bonds is 5. The van der Waals surface area contributed by atoms with Crippen LogP contribution in [0.1, 0.15) is 44.1 Å². The number of thioether (sulfide) groups is 1. The highest BCUT2D eigenvalue weighted by Crippen LogP contribution is 2.42. The van der Waals surface area contributed by atoms with Gasteiger partial charge in [-0.15, -0.1) is 11.3 Å². The molecule has 0 unspecified atom stereocenters. The van der Waals surface area contributed by atoms with Crippen molar-refractivity contribution in [1.82, 2.24) is 9.97 Å². The van der Waals surface area contributed by atoms with E-state index in [-0.39, 0.29) is 5.60 Å². The van der Waals surface area contributed by atoms with Crippen LogP contribution in [0.5, 0.6) is 0 Å². The number of fused-ring (bicyclic) bond motifs is 3. The summed E-state index contributed by atoms with van der Waals surface area (Å²) in [4.78, 5) is 15.0. The SMILES string of the molecule is CCCCSc1nc(N2CC[NH2+]CC2)c2c3c(sc2n1)COC(C)(C)C3. The fraction of sp³-hybridized carbons (Fsp3) is 0.684. The zero-order chi connectivity index (χ0) is 18.1. The number of nitrogens with zero attached hydrogens (tertiary/aromatic N) is 3. The first-order chi connectivity index (χ1) is 12.6. The van der Waals surface area contributed by atoms with Gasteiger partial charge < -0.3 is 15.0 Å². The normalized spacial score (nSPS) is 19.7. The van der Waals surface area contributed by atoms with Crippen LogP contribution in [-0.2, 0) is 17.8 Å². The van der Waals surface area contributed by atoms with Crippen molar-refractivity contribution < 1.29 is 10.1 Å². The number of hydrogen-bond acceptors (Lipinski definition) is 6. The molecule has 1 saturated heterocycles. The van der Waals surface area contributed by atoms with Gasteiger partial charge in [0, 0.05) is 17.1 Å². The van der Waals surface area contributed by atoms with Gasteiger partial charge in [-0.05, 0) is 25.8 Å². The number of nitrogens with two attached hydrogens (primary N) is 1. The van der Waals surface area contributed by atoms with Crippen molar-refractivity contribution in [3.8, 4) is 0 Å². The summed E-state index contributed by atoms with van der Waals surface area (Å²) >= 11 is 3.61. The van der Waals surface area contributed by atoms with Gasteiger partial charge in [0.1, 0.15) is 10.6 Å². The van der Waals surface area contributed by atoms with Crippen molar-refractivity contribution in [3.63, 3.8) is 0 Å². The van der Waals surface area contributed by atoms with Gasteiger partial charge in [-0.1, -0.05) is 25.1 Å². The molecule has 2 aromatic heterocycles. The summed E-state index contributed by atoms with van der Waals surface area (Å²) in [7, 11) is 0. The smallest absolute Gasteiger partial charge is 0.190 e. The predicted molar refractivity (Wildman–Crippen MR) is 109 cm³/mol. The molecule has 0 radical (unpaired) electrons. The number of quaternary nitrogens is 1. The maximum absolute atomic E-state index is 6.05. The summed E-state index contributed by atoms with van der Waals surface area (Å²) in [5, 5.41) is 4.63. The van der Waals surface area contributed by atoms with Crippen molar-refractivity contribution in [2.24, 2.45) is 0 Å². The zero-order valence-corrected chi connectivity index (χ0v) is 17.6. The Bertz CT molecular complexity index is 783. The lowest BCUT2D eigenvalue weighted by molar-refractivity contribution is -0.655. The van der Waals surface area contributed by atoms with E-state index in [1.807, 2.05) is 11.3 Å². The summed E-state index contributed by atoms with van der Waals surface area (Å²) in [5.41, 5.74) is 1.32. The summed E-state index contributed by atoms with van der Waals surface area (Å²) in [6.07, 6.45) is 3.37. The lowest BCUT2D eigenvalue weighted by atomic mass is 9.94. The maximum Gasteiger partial charge on any atom is 0.190 e. The van der Waals surface area contributed by atoms with Crippen molar-refractivity contribution >= 4 is 39.1 Å². The van der Waals surface area contributed by atoms with Crippen LogP contribution in [0, 0.1) is 0 Å². The third kappa shape index (κ3) is 3.72. The topological polar surface area (TPSA) is 54.9 Å². The highest BCUT2D eigenvalue weighted by atomic mass is 32.2. The number of anilines is 1. The van der Waals surface area contributed by atoms with E-state index >= 15 is 0 Å². The third-order valence-corrected chi connectivity index (χ3v) is 7.16. The molecule has 2 aliphatic rings. The van der Waals surface area contributed by atoms with Crippen molar-refractivity contribution in [1.29, 1.82) is 0 Å². The Morgan fingerprint density at radius 2 is 2.08 bits per heavy atom. The third-order valence-electron chi connectivity index (χ3n) is 5.13. The number of unbranched alkanes of at least 4 members (excludes halogenated alkanes) is 1. The van der Waals surface area contributed by atoms with Crippen LogP contribution in [-0.4, -0.2) is 47.5 Å². The molecule has 0 bridgehead atoms. The standard InChI is InChI=1S/C19H28N4OS2/c1-4-5-10-25-18-21-16(23-8-6-20-7-9-23)15-13-11-19(2,3)24-12-14(13)26-17(15)22-18/h20H,4-12H2,1-3H3/p+1. The zero-order valence-electron chi connectivity index (χ0n) is 16.0. The van der Waals surface area contributed by atoms with Gasteiger partial charge in [0.2, 0.25) is 0 Å². The largest absolute Gasteiger partial charge is 0.370 e. The molecule has 4 heterocycles. The molecule has 2 aromatic rings. The van der Waals surface area contributed by atoms with Gasteiger partial charge in [-0.25, -0.2) is 9.97 Å². The lowest BCUT2D eigenvalue weighted by Gasteiger charge is -2.31. The fourth-order valence-corrected chi connectivity index (χ4v) is 5.75. The minimum absolute atomic E-state index is 0.109. The van der Waals surface area contributed by atoms with Crippen LogP contribution in [0.25, 0.3) is 10.2 Å². The fourth-order valence-electron chi connectivity index (χ4n) is 3.67. The molecule has 142 valence electrons. The first-order valence-electron chi connectivity index (χ1n) is 9.73. The molecule has 0 spiro atoms. The molecule has 0 atom stereocenters. The second-order valence-corrected chi connectivity index (χ2v) is 9.94. The first-order valence-corrected chi connectivity index (χ1v) is 11.5. The van der Waals surface area contributed by atoms with Crippen molar-refractivity contribution in [2.75, 3.05) is 36.8 Å². The second kappa shape index (κ2) is 7.62. The molecule has 26 heavy (non-hydrogen) atoms. The second-order valence-electron chi connectivity index (χ2n) is 7.79. The van der Waals surface area contributed by atoms with E-state index in [4.69, 9.17) is 14.7 Å². The van der Waals surface area contributed by atoms with Crippen LogP contribution < -0.4 is 10.2 Å². The Kier molecular flexibility index (Phi) is 5.41. The first kappa shape index (κ1) is 18.5. The number of piperazine rings is 1. The molecule has 2 N–H and O–H groups in total. The van der Waals surface area contributed by atoms with E-state index in [0.717, 1.165) is 54.2 Å². The average molecular weight is 394 g/mol. The molecular formula is C19H29N4OS2+. The molecule has 4 rings (SSSR count). The number of thiophene rings is 1.